The maximum atomic E-state index is 12.7. The van der Waals surface area contributed by atoms with Crippen molar-refractivity contribution < 1.29 is 23.6 Å². The predicted molar refractivity (Wildman–Crippen MR) is 96.8 cm³/mol. The first-order chi connectivity index (χ1) is 12.6. The number of rotatable bonds is 8. The number of para-hydroxylation sites is 2. The van der Waals surface area contributed by atoms with E-state index in [2.05, 4.69) is 9.97 Å². The first-order valence-corrected chi connectivity index (χ1v) is 9.60. The zero-order chi connectivity index (χ0) is 18.5. The molecule has 2 N–H and O–H groups in total. The monoisotopic (exact) mass is 376 g/mol. The number of hydrogen-bond acceptors (Lipinski definition) is 5. The maximum absolute atomic E-state index is 12.7. The zero-order valence-corrected chi connectivity index (χ0v) is 15.6. The first kappa shape index (κ1) is 18.3. The summed E-state index contributed by atoms with van der Waals surface area (Å²) in [4.78, 5) is 7.44. The van der Waals surface area contributed by atoms with Crippen molar-refractivity contribution in [2.45, 2.75) is 24.3 Å². The van der Waals surface area contributed by atoms with Crippen LogP contribution in [0.25, 0.3) is 11.0 Å². The Bertz CT molecular complexity index is 893. The lowest BCUT2D eigenvalue weighted by Gasteiger charge is -2.09. The van der Waals surface area contributed by atoms with Crippen molar-refractivity contribution in [1.29, 1.82) is 0 Å². The van der Waals surface area contributed by atoms with Gasteiger partial charge in [0.2, 0.25) is 6.20 Å². The van der Waals surface area contributed by atoms with E-state index in [-0.39, 0.29) is 5.75 Å². The SMILES string of the molecule is COCCCOc1cc[n+](O)c(C[S@](=O)c2nc3ccccc3[nH]2)c1C. The van der Waals surface area contributed by atoms with Gasteiger partial charge < -0.3 is 14.5 Å². The minimum absolute atomic E-state index is 0.122. The van der Waals surface area contributed by atoms with Crippen LogP contribution in [0, 0.1) is 6.92 Å². The summed E-state index contributed by atoms with van der Waals surface area (Å²) in [7, 11) is 0.219. The number of ether oxygens (including phenoxy) is 2. The second kappa shape index (κ2) is 8.29. The summed E-state index contributed by atoms with van der Waals surface area (Å²) in [6.45, 7) is 2.97. The van der Waals surface area contributed by atoms with Crippen molar-refractivity contribution in [2.24, 2.45) is 0 Å². The van der Waals surface area contributed by atoms with Crippen LogP contribution in [-0.2, 0) is 21.3 Å². The van der Waals surface area contributed by atoms with Gasteiger partial charge in [0.05, 0.1) is 34.0 Å². The molecule has 0 saturated heterocycles. The molecule has 138 valence electrons. The quantitative estimate of drug-likeness (QED) is 0.357. The predicted octanol–water partition coefficient (Wildman–Crippen LogP) is 2.12. The van der Waals surface area contributed by atoms with Gasteiger partial charge in [0.25, 0.3) is 5.69 Å². The Hall–Kier alpha value is -2.45. The van der Waals surface area contributed by atoms with Crippen LogP contribution in [-0.4, -0.2) is 39.7 Å². The minimum Gasteiger partial charge on any atom is -0.493 e. The van der Waals surface area contributed by atoms with Crippen molar-refractivity contribution in [2.75, 3.05) is 20.3 Å². The lowest BCUT2D eigenvalue weighted by atomic mass is 10.2. The number of pyridine rings is 1. The minimum atomic E-state index is -1.43. The Balaban J connectivity index is 1.78. The van der Waals surface area contributed by atoms with E-state index in [1.807, 2.05) is 31.2 Å². The fourth-order valence-electron chi connectivity index (χ4n) is 2.61. The second-order valence-electron chi connectivity index (χ2n) is 5.84. The Kier molecular flexibility index (Phi) is 5.85. The molecule has 0 fully saturated rings. The van der Waals surface area contributed by atoms with E-state index in [1.165, 1.54) is 6.20 Å². The molecular weight excluding hydrogens is 354 g/mol. The van der Waals surface area contributed by atoms with E-state index in [1.54, 1.807) is 13.2 Å². The molecule has 3 aromatic rings. The van der Waals surface area contributed by atoms with Crippen molar-refractivity contribution >= 4 is 21.8 Å². The van der Waals surface area contributed by atoms with Crippen LogP contribution < -0.4 is 9.47 Å². The van der Waals surface area contributed by atoms with Crippen LogP contribution in [0.4, 0.5) is 0 Å². The van der Waals surface area contributed by atoms with Crippen molar-refractivity contribution in [3.05, 3.63) is 47.8 Å². The molecule has 0 radical (unpaired) electrons. The summed E-state index contributed by atoms with van der Waals surface area (Å²) in [5, 5.41) is 10.5. The molecule has 0 spiro atoms. The van der Waals surface area contributed by atoms with Crippen LogP contribution in [0.1, 0.15) is 17.7 Å². The van der Waals surface area contributed by atoms with Crippen molar-refractivity contribution in [1.82, 2.24) is 9.97 Å². The number of benzene rings is 1. The molecular formula is C18H22N3O4S+. The smallest absolute Gasteiger partial charge is 0.253 e. The standard InChI is InChI=1S/C18H22N3O4S/c1-13-16(21(22)9-8-17(13)25-11-5-10-24-2)12-26(23)18-19-14-6-3-4-7-15(14)20-18/h3-4,6-9,22H,5,10-12H2,1-2H3,(H,19,20)/q+1/t26-/m0/s1. The molecule has 2 aromatic heterocycles. The van der Waals surface area contributed by atoms with Crippen LogP contribution >= 0.6 is 0 Å². The molecule has 0 saturated carbocycles. The van der Waals surface area contributed by atoms with Gasteiger partial charge in [0.1, 0.15) is 11.5 Å². The van der Waals surface area contributed by atoms with Crippen LogP contribution in [0.15, 0.2) is 41.7 Å². The Labute approximate surface area is 154 Å². The van der Waals surface area contributed by atoms with Gasteiger partial charge in [-0.3, -0.25) is 9.42 Å². The number of methoxy groups -OCH3 is 1. The molecule has 1 aromatic carbocycles. The Morgan fingerprint density at radius 3 is 2.85 bits per heavy atom. The fraction of sp³-hybridized carbons (Fsp3) is 0.333. The average Bonchev–Trinajstić information content (AvgIpc) is 3.08. The molecule has 0 aliphatic rings. The molecule has 3 rings (SSSR count). The number of aromatic nitrogens is 3. The van der Waals surface area contributed by atoms with Crippen LogP contribution in [0.5, 0.6) is 5.75 Å². The molecule has 0 bridgehead atoms. The Morgan fingerprint density at radius 2 is 2.08 bits per heavy atom. The summed E-state index contributed by atoms with van der Waals surface area (Å²) in [5.74, 6) is 0.778. The van der Waals surface area contributed by atoms with E-state index < -0.39 is 10.8 Å². The summed E-state index contributed by atoms with van der Waals surface area (Å²) < 4.78 is 24.5. The highest BCUT2D eigenvalue weighted by molar-refractivity contribution is 7.84. The fourth-order valence-corrected chi connectivity index (χ4v) is 3.77. The Morgan fingerprint density at radius 1 is 1.27 bits per heavy atom. The van der Waals surface area contributed by atoms with Gasteiger partial charge in [-0.15, -0.1) is 0 Å². The van der Waals surface area contributed by atoms with Gasteiger partial charge in [-0.2, -0.15) is 0 Å². The summed E-state index contributed by atoms with van der Waals surface area (Å²) >= 11 is 0. The van der Waals surface area contributed by atoms with Gasteiger partial charge in [-0.1, -0.05) is 12.1 Å². The highest BCUT2D eigenvalue weighted by Gasteiger charge is 2.23. The number of aromatic amines is 1. The topological polar surface area (TPSA) is 88.3 Å². The molecule has 2 heterocycles. The van der Waals surface area contributed by atoms with Gasteiger partial charge in [-0.05, 0) is 19.1 Å². The zero-order valence-electron chi connectivity index (χ0n) is 14.8. The highest BCUT2D eigenvalue weighted by atomic mass is 32.2. The lowest BCUT2D eigenvalue weighted by molar-refractivity contribution is -0.909. The maximum Gasteiger partial charge on any atom is 0.253 e. The van der Waals surface area contributed by atoms with Crippen molar-refractivity contribution in [3.8, 4) is 5.75 Å². The van der Waals surface area contributed by atoms with E-state index in [9.17, 15) is 9.42 Å². The van der Waals surface area contributed by atoms with Crippen molar-refractivity contribution in [3.63, 3.8) is 0 Å². The van der Waals surface area contributed by atoms with Crippen LogP contribution in [0.2, 0.25) is 0 Å². The molecule has 0 aliphatic heterocycles. The average molecular weight is 376 g/mol. The molecule has 8 heteroatoms. The number of nitrogens with zero attached hydrogens (tertiary/aromatic N) is 2. The molecule has 0 amide bonds. The first-order valence-electron chi connectivity index (χ1n) is 8.28. The van der Waals surface area contributed by atoms with E-state index >= 15 is 0 Å². The van der Waals surface area contributed by atoms with Gasteiger partial charge in [0.15, 0.2) is 5.16 Å². The van der Waals surface area contributed by atoms with Gasteiger partial charge in [0, 0.05) is 30.9 Å². The summed E-state index contributed by atoms with van der Waals surface area (Å²) in [6.07, 6.45) is 2.26. The summed E-state index contributed by atoms with van der Waals surface area (Å²) in [5.41, 5.74) is 2.87. The third-order valence-corrected chi connectivity index (χ3v) is 5.21. The number of fused-ring (bicyclic) bond motifs is 1. The third-order valence-electron chi connectivity index (χ3n) is 4.05. The molecule has 0 aliphatic carbocycles. The van der Waals surface area contributed by atoms with Crippen LogP contribution in [0.3, 0.4) is 0 Å². The molecule has 7 nitrogen and oxygen atoms in total. The van der Waals surface area contributed by atoms with Gasteiger partial charge in [-0.25, -0.2) is 4.98 Å². The normalized spacial score (nSPS) is 12.4. The third kappa shape index (κ3) is 4.03. The number of H-pyrrole nitrogens is 1. The van der Waals surface area contributed by atoms with E-state index in [0.29, 0.717) is 29.8 Å². The lowest BCUT2D eigenvalue weighted by Crippen LogP contribution is -2.36. The highest BCUT2D eigenvalue weighted by Crippen LogP contribution is 2.21. The largest absolute Gasteiger partial charge is 0.493 e. The van der Waals surface area contributed by atoms with E-state index in [0.717, 1.165) is 27.7 Å². The molecule has 26 heavy (non-hydrogen) atoms. The summed E-state index contributed by atoms with van der Waals surface area (Å²) in [6, 6.07) is 9.21. The second-order valence-corrected chi connectivity index (χ2v) is 7.21. The number of hydrogen-bond donors (Lipinski definition) is 2. The number of nitrogens with one attached hydrogen (secondary N) is 1. The number of imidazole rings is 1. The molecule has 1 atom stereocenters. The molecule has 0 unspecified atom stereocenters. The van der Waals surface area contributed by atoms with E-state index in [4.69, 9.17) is 9.47 Å². The van der Waals surface area contributed by atoms with Gasteiger partial charge >= 0.3 is 0 Å².